The molecule has 0 aliphatic rings. The van der Waals surface area contributed by atoms with Crippen molar-refractivity contribution >= 4 is 5.91 Å². The predicted molar refractivity (Wildman–Crippen MR) is 89.9 cm³/mol. The van der Waals surface area contributed by atoms with E-state index in [2.05, 4.69) is 17.4 Å². The average molecular weight is 297 g/mol. The second-order valence-corrected chi connectivity index (χ2v) is 6.39. The molecule has 3 nitrogen and oxygen atoms in total. The smallest absolute Gasteiger partial charge is 0.261 e. The lowest BCUT2D eigenvalue weighted by Gasteiger charge is -2.23. The summed E-state index contributed by atoms with van der Waals surface area (Å²) in [4.78, 5) is 12.0. The fraction of sp³-hybridized carbons (Fsp3) is 0.316. The number of hydrogen-bond donors (Lipinski definition) is 1. The van der Waals surface area contributed by atoms with Gasteiger partial charge in [0.05, 0.1) is 0 Å². The summed E-state index contributed by atoms with van der Waals surface area (Å²) in [6, 6.07) is 17.9. The summed E-state index contributed by atoms with van der Waals surface area (Å²) in [5, 5.41) is 2.91. The number of carbonyl (C=O) groups excluding carboxylic acids is 1. The van der Waals surface area contributed by atoms with Gasteiger partial charge >= 0.3 is 0 Å². The van der Waals surface area contributed by atoms with Crippen LogP contribution in [0.25, 0.3) is 11.1 Å². The molecule has 1 atom stereocenters. The Morgan fingerprint density at radius 2 is 1.50 bits per heavy atom. The van der Waals surface area contributed by atoms with Crippen LogP contribution in [0, 0.1) is 0 Å². The first kappa shape index (κ1) is 16.1. The highest BCUT2D eigenvalue weighted by molar-refractivity contribution is 5.81. The molecular formula is C19H23NO2. The highest BCUT2D eigenvalue weighted by Gasteiger charge is 2.20. The molecule has 0 bridgehead atoms. The van der Waals surface area contributed by atoms with Crippen LogP contribution in [0.2, 0.25) is 0 Å². The second-order valence-electron chi connectivity index (χ2n) is 6.39. The lowest BCUT2D eigenvalue weighted by atomic mass is 10.1. The quantitative estimate of drug-likeness (QED) is 0.925. The van der Waals surface area contributed by atoms with E-state index in [0.717, 1.165) is 11.1 Å². The Balaban J connectivity index is 2.01. The number of carbonyl (C=O) groups is 1. The van der Waals surface area contributed by atoms with Gasteiger partial charge in [-0.3, -0.25) is 4.79 Å². The van der Waals surface area contributed by atoms with Crippen molar-refractivity contribution < 1.29 is 9.53 Å². The Kier molecular flexibility index (Phi) is 4.86. The number of benzene rings is 2. The van der Waals surface area contributed by atoms with Crippen LogP contribution in [-0.2, 0) is 4.79 Å². The maximum Gasteiger partial charge on any atom is 0.261 e. The first-order chi connectivity index (χ1) is 10.3. The van der Waals surface area contributed by atoms with E-state index in [1.807, 2.05) is 63.2 Å². The normalized spacial score (nSPS) is 12.5. The zero-order chi connectivity index (χ0) is 16.2. The van der Waals surface area contributed by atoms with E-state index in [-0.39, 0.29) is 11.4 Å². The molecule has 0 heterocycles. The average Bonchev–Trinajstić information content (AvgIpc) is 2.47. The third-order valence-electron chi connectivity index (χ3n) is 3.14. The third-order valence-corrected chi connectivity index (χ3v) is 3.14. The molecule has 3 heteroatoms. The molecule has 2 aromatic carbocycles. The van der Waals surface area contributed by atoms with Gasteiger partial charge in [-0.1, -0.05) is 42.5 Å². The van der Waals surface area contributed by atoms with Crippen molar-refractivity contribution in [2.24, 2.45) is 0 Å². The Morgan fingerprint density at radius 3 is 2.05 bits per heavy atom. The largest absolute Gasteiger partial charge is 0.481 e. The number of hydrogen-bond acceptors (Lipinski definition) is 2. The molecule has 116 valence electrons. The maximum absolute atomic E-state index is 12.0. The lowest BCUT2D eigenvalue weighted by Crippen LogP contribution is -2.46. The molecule has 2 rings (SSSR count). The van der Waals surface area contributed by atoms with Gasteiger partial charge < -0.3 is 10.1 Å². The summed E-state index contributed by atoms with van der Waals surface area (Å²) in [6.07, 6.45) is -0.526. The van der Waals surface area contributed by atoms with E-state index in [0.29, 0.717) is 5.75 Å². The van der Waals surface area contributed by atoms with Gasteiger partial charge in [-0.05, 0) is 51.0 Å². The molecular weight excluding hydrogens is 274 g/mol. The van der Waals surface area contributed by atoms with E-state index in [1.165, 1.54) is 0 Å². The number of nitrogens with one attached hydrogen (secondary N) is 1. The summed E-state index contributed by atoms with van der Waals surface area (Å²) >= 11 is 0. The summed E-state index contributed by atoms with van der Waals surface area (Å²) in [7, 11) is 0. The first-order valence-corrected chi connectivity index (χ1v) is 7.49. The molecule has 0 saturated carbocycles. The van der Waals surface area contributed by atoms with Crippen molar-refractivity contribution in [2.45, 2.75) is 39.3 Å². The second kappa shape index (κ2) is 6.65. The molecule has 0 saturated heterocycles. The fourth-order valence-electron chi connectivity index (χ4n) is 2.09. The van der Waals surface area contributed by atoms with Gasteiger partial charge in [0.25, 0.3) is 5.91 Å². The van der Waals surface area contributed by atoms with Crippen LogP contribution >= 0.6 is 0 Å². The molecule has 1 amide bonds. The van der Waals surface area contributed by atoms with Crippen LogP contribution in [0.3, 0.4) is 0 Å². The highest BCUT2D eigenvalue weighted by Crippen LogP contribution is 2.22. The predicted octanol–water partition coefficient (Wildman–Crippen LogP) is 4.04. The standard InChI is InChI=1S/C19H23NO2/c1-14(18(21)20-19(2,3)4)22-17-12-10-16(11-13-17)15-8-6-5-7-9-15/h5-14H,1-4H3,(H,20,21)/t14-/m1/s1. The molecule has 2 aromatic rings. The van der Waals surface area contributed by atoms with Crippen molar-refractivity contribution in [3.63, 3.8) is 0 Å². The van der Waals surface area contributed by atoms with Gasteiger partial charge in [-0.15, -0.1) is 0 Å². The number of ether oxygens (including phenoxy) is 1. The Bertz CT molecular complexity index is 612. The van der Waals surface area contributed by atoms with E-state index in [9.17, 15) is 4.79 Å². The third kappa shape index (κ3) is 4.62. The van der Waals surface area contributed by atoms with E-state index in [4.69, 9.17) is 4.74 Å². The van der Waals surface area contributed by atoms with Gasteiger partial charge in [0.15, 0.2) is 6.10 Å². The monoisotopic (exact) mass is 297 g/mol. The summed E-state index contributed by atoms with van der Waals surface area (Å²) < 4.78 is 5.70. The molecule has 0 radical (unpaired) electrons. The van der Waals surface area contributed by atoms with E-state index >= 15 is 0 Å². The van der Waals surface area contributed by atoms with Gasteiger partial charge in [0, 0.05) is 5.54 Å². The Labute approximate surface area is 132 Å². The van der Waals surface area contributed by atoms with Crippen LogP contribution in [0.4, 0.5) is 0 Å². The molecule has 0 aromatic heterocycles. The van der Waals surface area contributed by atoms with Crippen molar-refractivity contribution in [1.29, 1.82) is 0 Å². The maximum atomic E-state index is 12.0. The van der Waals surface area contributed by atoms with Crippen LogP contribution in [0.15, 0.2) is 54.6 Å². The van der Waals surface area contributed by atoms with Crippen LogP contribution in [-0.4, -0.2) is 17.6 Å². The molecule has 0 unspecified atom stereocenters. The van der Waals surface area contributed by atoms with Gasteiger partial charge in [-0.2, -0.15) is 0 Å². The number of amides is 1. The highest BCUT2D eigenvalue weighted by atomic mass is 16.5. The van der Waals surface area contributed by atoms with E-state index in [1.54, 1.807) is 6.92 Å². The zero-order valence-electron chi connectivity index (χ0n) is 13.6. The molecule has 22 heavy (non-hydrogen) atoms. The Hall–Kier alpha value is -2.29. The number of rotatable bonds is 4. The van der Waals surface area contributed by atoms with Crippen molar-refractivity contribution in [1.82, 2.24) is 5.32 Å². The summed E-state index contributed by atoms with van der Waals surface area (Å²) in [5.41, 5.74) is 2.03. The summed E-state index contributed by atoms with van der Waals surface area (Å²) in [6.45, 7) is 7.61. The molecule has 0 aliphatic carbocycles. The Morgan fingerprint density at radius 1 is 0.955 bits per heavy atom. The topological polar surface area (TPSA) is 38.3 Å². The van der Waals surface area contributed by atoms with Gasteiger partial charge in [-0.25, -0.2) is 0 Å². The molecule has 0 fully saturated rings. The molecule has 0 aliphatic heterocycles. The van der Waals surface area contributed by atoms with Crippen molar-refractivity contribution in [3.05, 3.63) is 54.6 Å². The van der Waals surface area contributed by atoms with Crippen molar-refractivity contribution in [2.75, 3.05) is 0 Å². The minimum atomic E-state index is -0.526. The minimum absolute atomic E-state index is 0.111. The van der Waals surface area contributed by atoms with Crippen LogP contribution in [0.1, 0.15) is 27.7 Å². The molecule has 1 N–H and O–H groups in total. The van der Waals surface area contributed by atoms with Gasteiger partial charge in [0.2, 0.25) is 0 Å². The first-order valence-electron chi connectivity index (χ1n) is 7.49. The van der Waals surface area contributed by atoms with E-state index < -0.39 is 6.10 Å². The molecule has 0 spiro atoms. The fourth-order valence-corrected chi connectivity index (χ4v) is 2.09. The van der Waals surface area contributed by atoms with Gasteiger partial charge in [0.1, 0.15) is 5.75 Å². The van der Waals surface area contributed by atoms with Crippen LogP contribution < -0.4 is 10.1 Å². The minimum Gasteiger partial charge on any atom is -0.481 e. The van der Waals surface area contributed by atoms with Crippen LogP contribution in [0.5, 0.6) is 5.75 Å². The van der Waals surface area contributed by atoms with Crippen molar-refractivity contribution in [3.8, 4) is 16.9 Å². The summed E-state index contributed by atoms with van der Waals surface area (Å²) in [5.74, 6) is 0.580. The SMILES string of the molecule is C[C@@H](Oc1ccc(-c2ccccc2)cc1)C(=O)NC(C)(C)C. The lowest BCUT2D eigenvalue weighted by molar-refractivity contribution is -0.128. The zero-order valence-corrected chi connectivity index (χ0v) is 13.6.